The van der Waals surface area contributed by atoms with Crippen LogP contribution in [0.3, 0.4) is 0 Å². The number of carbonyl (C=O) groups excluding carboxylic acids is 1. The highest BCUT2D eigenvalue weighted by Gasteiger charge is 2.21. The maximum absolute atomic E-state index is 12.2. The van der Waals surface area contributed by atoms with Gasteiger partial charge in [-0.25, -0.2) is 4.98 Å². The van der Waals surface area contributed by atoms with E-state index in [0.29, 0.717) is 18.5 Å². The Morgan fingerprint density at radius 1 is 1.33 bits per heavy atom. The van der Waals surface area contributed by atoms with Gasteiger partial charge in [0.25, 0.3) is 0 Å². The molecule has 132 valence electrons. The lowest BCUT2D eigenvalue weighted by Gasteiger charge is -2.35. The van der Waals surface area contributed by atoms with Crippen LogP contribution in [0.5, 0.6) is 0 Å². The van der Waals surface area contributed by atoms with E-state index >= 15 is 0 Å². The summed E-state index contributed by atoms with van der Waals surface area (Å²) in [6, 6.07) is 6.88. The number of hydrogen-bond acceptors (Lipinski definition) is 5. The van der Waals surface area contributed by atoms with Crippen molar-refractivity contribution in [2.24, 2.45) is 0 Å². The van der Waals surface area contributed by atoms with E-state index in [1.807, 2.05) is 18.3 Å². The van der Waals surface area contributed by atoms with Crippen LogP contribution in [0.25, 0.3) is 0 Å². The maximum atomic E-state index is 12.2. The van der Waals surface area contributed by atoms with Gasteiger partial charge in [0.1, 0.15) is 5.82 Å². The minimum Gasteiger partial charge on any atom is -0.354 e. The number of piperidine rings is 1. The fourth-order valence-corrected chi connectivity index (χ4v) is 3.56. The van der Waals surface area contributed by atoms with Crippen molar-refractivity contribution in [1.82, 2.24) is 20.5 Å². The summed E-state index contributed by atoms with van der Waals surface area (Å²) in [7, 11) is 0. The van der Waals surface area contributed by atoms with Crippen molar-refractivity contribution in [1.29, 1.82) is 0 Å². The van der Waals surface area contributed by atoms with Crippen LogP contribution in [0.4, 0.5) is 5.82 Å². The number of rotatable bonds is 5. The summed E-state index contributed by atoms with van der Waals surface area (Å²) >= 11 is 0. The first kappa shape index (κ1) is 17.2. The Kier molecular flexibility index (Phi) is 6.04. The summed E-state index contributed by atoms with van der Waals surface area (Å²) in [5.74, 6) is 1.25. The number of anilines is 1. The molecule has 2 aliphatic heterocycles. The molecule has 0 saturated carbocycles. The first-order chi connectivity index (χ1) is 11.7. The van der Waals surface area contributed by atoms with Crippen LogP contribution in [-0.4, -0.2) is 67.1 Å². The largest absolute Gasteiger partial charge is 0.354 e. The summed E-state index contributed by atoms with van der Waals surface area (Å²) < 4.78 is 0. The SMILES string of the molecule is CC1CC(NC(=O)CCN2CCN(c3ccccn3)CC2)CCN1. The molecule has 1 aromatic heterocycles. The molecule has 2 unspecified atom stereocenters. The molecule has 3 heterocycles. The smallest absolute Gasteiger partial charge is 0.221 e. The third kappa shape index (κ3) is 4.92. The van der Waals surface area contributed by atoms with Crippen LogP contribution in [0, 0.1) is 0 Å². The van der Waals surface area contributed by atoms with Crippen molar-refractivity contribution in [2.75, 3.05) is 44.2 Å². The fraction of sp³-hybridized carbons (Fsp3) is 0.667. The average molecular weight is 331 g/mol. The Bertz CT molecular complexity index is 515. The topological polar surface area (TPSA) is 60.5 Å². The Morgan fingerprint density at radius 2 is 2.17 bits per heavy atom. The Morgan fingerprint density at radius 3 is 2.88 bits per heavy atom. The summed E-state index contributed by atoms with van der Waals surface area (Å²) in [5.41, 5.74) is 0. The van der Waals surface area contributed by atoms with E-state index in [9.17, 15) is 4.79 Å². The predicted molar refractivity (Wildman–Crippen MR) is 96.1 cm³/mol. The van der Waals surface area contributed by atoms with E-state index in [1.54, 1.807) is 0 Å². The van der Waals surface area contributed by atoms with Gasteiger partial charge in [0.2, 0.25) is 5.91 Å². The maximum Gasteiger partial charge on any atom is 0.221 e. The zero-order chi connectivity index (χ0) is 16.8. The van der Waals surface area contributed by atoms with E-state index in [-0.39, 0.29) is 5.91 Å². The fourth-order valence-electron chi connectivity index (χ4n) is 3.56. The summed E-state index contributed by atoms with van der Waals surface area (Å²) in [4.78, 5) is 21.3. The quantitative estimate of drug-likeness (QED) is 0.838. The zero-order valence-electron chi connectivity index (χ0n) is 14.6. The standard InChI is InChI=1S/C18H29N5O/c1-15-14-16(5-8-19-15)21-18(24)6-9-22-10-12-23(13-11-22)17-4-2-3-7-20-17/h2-4,7,15-16,19H,5-6,8-14H2,1H3,(H,21,24). The van der Waals surface area contributed by atoms with Gasteiger partial charge < -0.3 is 15.5 Å². The number of hydrogen-bond donors (Lipinski definition) is 2. The molecule has 2 saturated heterocycles. The molecule has 0 bridgehead atoms. The molecular formula is C18H29N5O. The number of pyridine rings is 1. The van der Waals surface area contributed by atoms with Crippen molar-refractivity contribution >= 4 is 11.7 Å². The number of piperazine rings is 1. The van der Waals surface area contributed by atoms with Crippen molar-refractivity contribution in [3.63, 3.8) is 0 Å². The Balaban J connectivity index is 1.35. The molecule has 1 amide bonds. The summed E-state index contributed by atoms with van der Waals surface area (Å²) in [6.07, 6.45) is 4.52. The van der Waals surface area contributed by atoms with Gasteiger partial charge in [0.05, 0.1) is 0 Å². The van der Waals surface area contributed by atoms with Gasteiger partial charge in [-0.2, -0.15) is 0 Å². The molecular weight excluding hydrogens is 302 g/mol. The second-order valence-corrected chi connectivity index (χ2v) is 6.91. The van der Waals surface area contributed by atoms with Crippen LogP contribution in [0.15, 0.2) is 24.4 Å². The van der Waals surface area contributed by atoms with E-state index < -0.39 is 0 Å². The van der Waals surface area contributed by atoms with E-state index in [0.717, 1.165) is 57.9 Å². The number of nitrogens with one attached hydrogen (secondary N) is 2. The molecule has 3 rings (SSSR count). The highest BCUT2D eigenvalue weighted by molar-refractivity contribution is 5.76. The van der Waals surface area contributed by atoms with Gasteiger partial charge in [-0.3, -0.25) is 9.69 Å². The molecule has 0 aliphatic carbocycles. The minimum absolute atomic E-state index is 0.196. The molecule has 0 aromatic carbocycles. The van der Waals surface area contributed by atoms with E-state index in [2.05, 4.69) is 38.4 Å². The van der Waals surface area contributed by atoms with Crippen molar-refractivity contribution in [3.8, 4) is 0 Å². The van der Waals surface area contributed by atoms with Gasteiger partial charge >= 0.3 is 0 Å². The molecule has 24 heavy (non-hydrogen) atoms. The van der Waals surface area contributed by atoms with Gasteiger partial charge in [-0.05, 0) is 38.4 Å². The highest BCUT2D eigenvalue weighted by Crippen LogP contribution is 2.13. The van der Waals surface area contributed by atoms with Gasteiger partial charge in [-0.1, -0.05) is 6.07 Å². The van der Waals surface area contributed by atoms with Crippen LogP contribution < -0.4 is 15.5 Å². The lowest BCUT2D eigenvalue weighted by Crippen LogP contribution is -2.49. The first-order valence-corrected chi connectivity index (χ1v) is 9.12. The normalized spacial score (nSPS) is 25.5. The molecule has 6 heteroatoms. The lowest BCUT2D eigenvalue weighted by molar-refractivity contribution is -0.122. The monoisotopic (exact) mass is 331 g/mol. The predicted octanol–water partition coefficient (Wildman–Crippen LogP) is 0.850. The first-order valence-electron chi connectivity index (χ1n) is 9.12. The van der Waals surface area contributed by atoms with Crippen LogP contribution in [0.1, 0.15) is 26.2 Å². The van der Waals surface area contributed by atoms with Crippen molar-refractivity contribution in [3.05, 3.63) is 24.4 Å². The molecule has 0 radical (unpaired) electrons. The minimum atomic E-state index is 0.196. The highest BCUT2D eigenvalue weighted by atomic mass is 16.1. The number of carbonyl (C=O) groups is 1. The summed E-state index contributed by atoms with van der Waals surface area (Å²) in [5, 5.41) is 6.61. The number of aromatic nitrogens is 1. The number of nitrogens with zero attached hydrogens (tertiary/aromatic N) is 3. The third-order valence-electron chi connectivity index (χ3n) is 4.99. The second kappa shape index (κ2) is 8.44. The van der Waals surface area contributed by atoms with Crippen molar-refractivity contribution < 1.29 is 4.79 Å². The van der Waals surface area contributed by atoms with E-state index in [4.69, 9.17) is 0 Å². The average Bonchev–Trinajstić information content (AvgIpc) is 2.61. The zero-order valence-corrected chi connectivity index (χ0v) is 14.6. The number of amides is 1. The third-order valence-corrected chi connectivity index (χ3v) is 4.99. The molecule has 2 atom stereocenters. The van der Waals surface area contributed by atoms with Crippen LogP contribution in [-0.2, 0) is 4.79 Å². The molecule has 0 spiro atoms. The lowest BCUT2D eigenvalue weighted by atomic mass is 10.0. The Labute approximate surface area is 144 Å². The van der Waals surface area contributed by atoms with Gasteiger partial charge in [-0.15, -0.1) is 0 Å². The second-order valence-electron chi connectivity index (χ2n) is 6.91. The Hall–Kier alpha value is -1.66. The summed E-state index contributed by atoms with van der Waals surface area (Å²) in [6.45, 7) is 7.97. The molecule has 1 aromatic rings. The van der Waals surface area contributed by atoms with Crippen LogP contribution >= 0.6 is 0 Å². The molecule has 6 nitrogen and oxygen atoms in total. The van der Waals surface area contributed by atoms with Gasteiger partial charge in [0.15, 0.2) is 0 Å². The van der Waals surface area contributed by atoms with Crippen LogP contribution in [0.2, 0.25) is 0 Å². The molecule has 2 aliphatic rings. The van der Waals surface area contributed by atoms with Gasteiger partial charge in [0, 0.05) is 57.4 Å². The molecule has 2 fully saturated rings. The van der Waals surface area contributed by atoms with E-state index in [1.165, 1.54) is 0 Å². The van der Waals surface area contributed by atoms with Crippen molar-refractivity contribution in [2.45, 2.75) is 38.3 Å². The molecule has 2 N–H and O–H groups in total.